The van der Waals surface area contributed by atoms with Crippen LogP contribution >= 0.6 is 0 Å². The van der Waals surface area contributed by atoms with Crippen LogP contribution in [0, 0.1) is 11.8 Å². The summed E-state index contributed by atoms with van der Waals surface area (Å²) < 4.78 is 5.89. The number of ketones is 1. The van der Waals surface area contributed by atoms with Crippen LogP contribution in [0.25, 0.3) is 0 Å². The molecule has 0 spiro atoms. The molecule has 0 saturated heterocycles. The minimum Gasteiger partial charge on any atom is -0.375 e. The fourth-order valence-electron chi connectivity index (χ4n) is 2.50. The molecule has 0 unspecified atom stereocenters. The summed E-state index contributed by atoms with van der Waals surface area (Å²) in [7, 11) is 0. The van der Waals surface area contributed by atoms with Crippen LogP contribution in [0.15, 0.2) is 0 Å². The molecule has 0 amide bonds. The molecule has 1 aliphatic rings. The summed E-state index contributed by atoms with van der Waals surface area (Å²) >= 11 is 0. The molecule has 0 aromatic rings. The Morgan fingerprint density at radius 2 is 1.94 bits per heavy atom. The normalized spacial score (nSPS) is 30.7. The standard InChI is InChI=1S/C14H26O2/c1-11(2)13-5-8-14(4,9-6-13)16-10-7-12(3)15/h11,13H,5-10H2,1-4H3. The second-order valence-electron chi connectivity index (χ2n) is 5.83. The van der Waals surface area contributed by atoms with Crippen LogP contribution in [0.1, 0.15) is 59.8 Å². The van der Waals surface area contributed by atoms with Gasteiger partial charge in [0, 0.05) is 6.42 Å². The molecular formula is C14H26O2. The van der Waals surface area contributed by atoms with Crippen LogP contribution in [0.3, 0.4) is 0 Å². The second-order valence-corrected chi connectivity index (χ2v) is 5.83. The third kappa shape index (κ3) is 4.25. The van der Waals surface area contributed by atoms with Gasteiger partial charge in [0.1, 0.15) is 5.78 Å². The lowest BCUT2D eigenvalue weighted by Gasteiger charge is -2.38. The third-order valence-electron chi connectivity index (χ3n) is 3.94. The quantitative estimate of drug-likeness (QED) is 0.716. The van der Waals surface area contributed by atoms with E-state index < -0.39 is 0 Å². The summed E-state index contributed by atoms with van der Waals surface area (Å²) in [5, 5.41) is 0. The summed E-state index contributed by atoms with van der Waals surface area (Å²) in [6, 6.07) is 0. The van der Waals surface area contributed by atoms with Gasteiger partial charge in [-0.25, -0.2) is 0 Å². The van der Waals surface area contributed by atoms with Crippen molar-refractivity contribution in [3.05, 3.63) is 0 Å². The van der Waals surface area contributed by atoms with Crippen molar-refractivity contribution in [2.75, 3.05) is 6.61 Å². The maximum Gasteiger partial charge on any atom is 0.132 e. The molecule has 1 rings (SSSR count). The maximum atomic E-state index is 10.9. The van der Waals surface area contributed by atoms with Gasteiger partial charge in [0.15, 0.2) is 0 Å². The van der Waals surface area contributed by atoms with E-state index in [-0.39, 0.29) is 11.4 Å². The summed E-state index contributed by atoms with van der Waals surface area (Å²) in [6.45, 7) is 9.04. The Kier molecular flexibility index (Phi) is 4.97. The van der Waals surface area contributed by atoms with Crippen molar-refractivity contribution >= 4 is 5.78 Å². The molecule has 1 saturated carbocycles. The number of ether oxygens (including phenoxy) is 1. The van der Waals surface area contributed by atoms with Gasteiger partial charge in [-0.1, -0.05) is 13.8 Å². The van der Waals surface area contributed by atoms with Crippen LogP contribution in [0.2, 0.25) is 0 Å². The lowest BCUT2D eigenvalue weighted by Crippen LogP contribution is -2.35. The van der Waals surface area contributed by atoms with E-state index in [0.717, 1.165) is 24.7 Å². The van der Waals surface area contributed by atoms with E-state index in [1.807, 2.05) is 0 Å². The first kappa shape index (κ1) is 13.7. The summed E-state index contributed by atoms with van der Waals surface area (Å²) in [6.07, 6.45) is 5.40. The fourth-order valence-corrected chi connectivity index (χ4v) is 2.50. The Bertz CT molecular complexity index is 225. The minimum absolute atomic E-state index is 0.0286. The highest BCUT2D eigenvalue weighted by atomic mass is 16.5. The zero-order chi connectivity index (χ0) is 12.2. The largest absolute Gasteiger partial charge is 0.375 e. The molecular weight excluding hydrogens is 200 g/mol. The molecule has 0 bridgehead atoms. The molecule has 0 aromatic carbocycles. The van der Waals surface area contributed by atoms with Crippen LogP contribution in [-0.2, 0) is 9.53 Å². The fraction of sp³-hybridized carbons (Fsp3) is 0.929. The Labute approximate surface area is 99.8 Å². The van der Waals surface area contributed by atoms with Crippen LogP contribution in [-0.4, -0.2) is 18.0 Å². The van der Waals surface area contributed by atoms with Crippen molar-refractivity contribution in [2.24, 2.45) is 11.8 Å². The molecule has 2 nitrogen and oxygen atoms in total. The van der Waals surface area contributed by atoms with E-state index in [9.17, 15) is 4.79 Å². The highest BCUT2D eigenvalue weighted by Gasteiger charge is 2.32. The molecule has 0 radical (unpaired) electrons. The number of Topliss-reactive ketones (excluding diaryl/α,β-unsaturated/α-hetero) is 1. The molecule has 16 heavy (non-hydrogen) atoms. The summed E-state index contributed by atoms with van der Waals surface area (Å²) in [5.74, 6) is 1.88. The van der Waals surface area contributed by atoms with Gasteiger partial charge >= 0.3 is 0 Å². The molecule has 0 heterocycles. The van der Waals surface area contributed by atoms with Gasteiger partial charge in [0.05, 0.1) is 12.2 Å². The molecule has 0 aliphatic heterocycles. The highest BCUT2D eigenvalue weighted by Crippen LogP contribution is 2.37. The molecule has 94 valence electrons. The monoisotopic (exact) mass is 226 g/mol. The maximum absolute atomic E-state index is 10.9. The second kappa shape index (κ2) is 5.81. The van der Waals surface area contributed by atoms with Gasteiger partial charge in [-0.15, -0.1) is 0 Å². The van der Waals surface area contributed by atoms with Gasteiger partial charge in [0.25, 0.3) is 0 Å². The predicted octanol–water partition coefficient (Wildman–Crippen LogP) is 3.59. The lowest BCUT2D eigenvalue weighted by atomic mass is 9.75. The first-order valence-electron chi connectivity index (χ1n) is 6.56. The van der Waals surface area contributed by atoms with E-state index >= 15 is 0 Å². The molecule has 1 fully saturated rings. The van der Waals surface area contributed by atoms with Crippen molar-refractivity contribution < 1.29 is 9.53 Å². The van der Waals surface area contributed by atoms with Crippen molar-refractivity contribution in [3.63, 3.8) is 0 Å². The number of hydrogen-bond acceptors (Lipinski definition) is 2. The first-order chi connectivity index (χ1) is 7.43. The van der Waals surface area contributed by atoms with Crippen LogP contribution in [0.4, 0.5) is 0 Å². The predicted molar refractivity (Wildman–Crippen MR) is 66.5 cm³/mol. The number of carbonyl (C=O) groups excluding carboxylic acids is 1. The Balaban J connectivity index is 2.29. The highest BCUT2D eigenvalue weighted by molar-refractivity contribution is 5.75. The van der Waals surface area contributed by atoms with E-state index in [0.29, 0.717) is 13.0 Å². The Morgan fingerprint density at radius 1 is 1.38 bits per heavy atom. The van der Waals surface area contributed by atoms with Gasteiger partial charge in [-0.05, 0) is 51.4 Å². The smallest absolute Gasteiger partial charge is 0.132 e. The van der Waals surface area contributed by atoms with Crippen molar-refractivity contribution in [2.45, 2.75) is 65.4 Å². The third-order valence-corrected chi connectivity index (χ3v) is 3.94. The molecule has 2 heteroatoms. The number of hydrogen-bond donors (Lipinski definition) is 0. The van der Waals surface area contributed by atoms with E-state index in [4.69, 9.17) is 4.74 Å². The topological polar surface area (TPSA) is 26.3 Å². The Morgan fingerprint density at radius 3 is 2.38 bits per heavy atom. The van der Waals surface area contributed by atoms with Gasteiger partial charge in [0.2, 0.25) is 0 Å². The van der Waals surface area contributed by atoms with Gasteiger partial charge in [-0.2, -0.15) is 0 Å². The van der Waals surface area contributed by atoms with Gasteiger partial charge < -0.3 is 4.74 Å². The molecule has 0 aromatic heterocycles. The molecule has 0 atom stereocenters. The van der Waals surface area contributed by atoms with Crippen LogP contribution < -0.4 is 0 Å². The van der Waals surface area contributed by atoms with Crippen molar-refractivity contribution in [1.29, 1.82) is 0 Å². The zero-order valence-electron chi connectivity index (χ0n) is 11.2. The SMILES string of the molecule is CC(=O)CCOC1(C)CCC(C(C)C)CC1. The summed E-state index contributed by atoms with van der Waals surface area (Å²) in [4.78, 5) is 10.9. The first-order valence-corrected chi connectivity index (χ1v) is 6.56. The van der Waals surface area contributed by atoms with Crippen molar-refractivity contribution in [1.82, 2.24) is 0 Å². The summed E-state index contributed by atoms with van der Waals surface area (Å²) in [5.41, 5.74) is 0.0286. The zero-order valence-corrected chi connectivity index (χ0v) is 11.2. The van der Waals surface area contributed by atoms with E-state index in [1.54, 1.807) is 6.92 Å². The van der Waals surface area contributed by atoms with E-state index in [1.165, 1.54) is 12.8 Å². The Hall–Kier alpha value is -0.370. The van der Waals surface area contributed by atoms with E-state index in [2.05, 4.69) is 20.8 Å². The number of carbonyl (C=O) groups is 1. The minimum atomic E-state index is 0.0286. The lowest BCUT2D eigenvalue weighted by molar-refractivity contribution is -0.121. The van der Waals surface area contributed by atoms with Crippen LogP contribution in [0.5, 0.6) is 0 Å². The average molecular weight is 226 g/mol. The molecule has 1 aliphatic carbocycles. The average Bonchev–Trinajstić information content (AvgIpc) is 2.17. The van der Waals surface area contributed by atoms with Crippen molar-refractivity contribution in [3.8, 4) is 0 Å². The molecule has 0 N–H and O–H groups in total. The number of rotatable bonds is 5. The van der Waals surface area contributed by atoms with Gasteiger partial charge in [-0.3, -0.25) is 4.79 Å².